The zero-order valence-corrected chi connectivity index (χ0v) is 11.3. The summed E-state index contributed by atoms with van der Waals surface area (Å²) in [7, 11) is 0. The Morgan fingerprint density at radius 1 is 1.19 bits per heavy atom. The second-order valence-electron chi connectivity index (χ2n) is 4.87. The van der Waals surface area contributed by atoms with E-state index in [0.717, 1.165) is 6.41 Å². The number of rotatable bonds is 2. The Balaban J connectivity index is 1.95. The predicted molar refractivity (Wildman–Crippen MR) is 75.9 cm³/mol. The summed E-state index contributed by atoms with van der Waals surface area (Å²) < 4.78 is 0. The topological polar surface area (TPSA) is 86.4 Å². The van der Waals surface area contributed by atoms with Crippen LogP contribution in [0.3, 0.4) is 0 Å². The summed E-state index contributed by atoms with van der Waals surface area (Å²) in [5.41, 5.74) is 0.213. The number of amides is 2. The molecule has 1 fully saturated rings. The highest BCUT2D eigenvalue weighted by Crippen LogP contribution is 2.15. The van der Waals surface area contributed by atoms with Crippen LogP contribution in [0.4, 0.5) is 0 Å². The first-order chi connectivity index (χ1) is 10.2. The molecule has 21 heavy (non-hydrogen) atoms. The minimum Gasteiger partial charge on any atom is -0.342 e. The third-order valence-electron chi connectivity index (χ3n) is 3.59. The number of benzene rings is 1. The van der Waals surface area contributed by atoms with Crippen molar-refractivity contribution in [1.82, 2.24) is 19.8 Å². The summed E-state index contributed by atoms with van der Waals surface area (Å²) >= 11 is 0. The molecule has 7 nitrogen and oxygen atoms in total. The quantitative estimate of drug-likeness (QED) is 0.777. The zero-order chi connectivity index (χ0) is 14.8. The molecule has 2 aromatic rings. The van der Waals surface area contributed by atoms with Crippen molar-refractivity contribution in [3.05, 3.63) is 40.4 Å². The van der Waals surface area contributed by atoms with Crippen LogP contribution in [-0.2, 0) is 4.79 Å². The molecule has 2 heterocycles. The van der Waals surface area contributed by atoms with Gasteiger partial charge in [0.2, 0.25) is 6.41 Å². The standard InChI is InChI=1S/C14H14N4O3/c19-9-17-5-7-18(8-6-17)13(20)12-10-3-1-2-4-11(10)15-14(21)16-12/h1-4,9H,5-8H2,(H,15,16,21). The Morgan fingerprint density at radius 2 is 1.90 bits per heavy atom. The fourth-order valence-electron chi connectivity index (χ4n) is 2.45. The lowest BCUT2D eigenvalue weighted by Crippen LogP contribution is -2.48. The van der Waals surface area contributed by atoms with E-state index in [0.29, 0.717) is 37.1 Å². The fraction of sp³-hybridized carbons (Fsp3) is 0.286. The normalized spacial score (nSPS) is 15.2. The van der Waals surface area contributed by atoms with Crippen molar-refractivity contribution in [1.29, 1.82) is 0 Å². The molecule has 1 aliphatic heterocycles. The third kappa shape index (κ3) is 2.49. The van der Waals surface area contributed by atoms with Crippen LogP contribution in [0.2, 0.25) is 0 Å². The number of H-pyrrole nitrogens is 1. The molecule has 108 valence electrons. The monoisotopic (exact) mass is 286 g/mol. The van der Waals surface area contributed by atoms with Gasteiger partial charge >= 0.3 is 5.69 Å². The van der Waals surface area contributed by atoms with Gasteiger partial charge in [0.05, 0.1) is 5.52 Å². The molecule has 1 aromatic heterocycles. The number of carbonyl (C=O) groups is 2. The number of fused-ring (bicyclic) bond motifs is 1. The van der Waals surface area contributed by atoms with Crippen LogP contribution in [-0.4, -0.2) is 58.3 Å². The van der Waals surface area contributed by atoms with Crippen LogP contribution >= 0.6 is 0 Å². The van der Waals surface area contributed by atoms with E-state index in [9.17, 15) is 14.4 Å². The van der Waals surface area contributed by atoms with Crippen LogP contribution in [0, 0.1) is 0 Å². The fourth-order valence-corrected chi connectivity index (χ4v) is 2.45. The van der Waals surface area contributed by atoms with Gasteiger partial charge in [-0.25, -0.2) is 4.79 Å². The van der Waals surface area contributed by atoms with E-state index in [2.05, 4.69) is 9.97 Å². The van der Waals surface area contributed by atoms with E-state index in [4.69, 9.17) is 0 Å². The molecule has 0 aliphatic carbocycles. The van der Waals surface area contributed by atoms with Gasteiger partial charge in [-0.15, -0.1) is 0 Å². The molecule has 1 aliphatic rings. The number of hydrogen-bond acceptors (Lipinski definition) is 4. The second kappa shape index (κ2) is 5.35. The average Bonchev–Trinajstić information content (AvgIpc) is 2.53. The molecular weight excluding hydrogens is 272 g/mol. The highest BCUT2D eigenvalue weighted by atomic mass is 16.2. The van der Waals surface area contributed by atoms with Gasteiger partial charge in [0.25, 0.3) is 5.91 Å². The van der Waals surface area contributed by atoms with Crippen molar-refractivity contribution in [3.63, 3.8) is 0 Å². The third-order valence-corrected chi connectivity index (χ3v) is 3.59. The number of para-hydroxylation sites is 1. The molecule has 0 radical (unpaired) electrons. The first kappa shape index (κ1) is 13.3. The SMILES string of the molecule is O=CN1CCN(C(=O)c2nc(=O)[nH]c3ccccc23)CC1. The Kier molecular flexibility index (Phi) is 3.39. The smallest absolute Gasteiger partial charge is 0.342 e. The van der Waals surface area contributed by atoms with Crippen molar-refractivity contribution in [2.24, 2.45) is 0 Å². The van der Waals surface area contributed by atoms with E-state index in [-0.39, 0.29) is 11.6 Å². The molecule has 0 saturated carbocycles. The minimum atomic E-state index is -0.538. The van der Waals surface area contributed by atoms with Crippen LogP contribution in [0.25, 0.3) is 10.9 Å². The molecule has 0 atom stereocenters. The van der Waals surface area contributed by atoms with E-state index in [1.165, 1.54) is 0 Å². The molecule has 0 unspecified atom stereocenters. The number of aromatic nitrogens is 2. The van der Waals surface area contributed by atoms with Gasteiger partial charge in [-0.2, -0.15) is 4.98 Å². The number of hydrogen-bond donors (Lipinski definition) is 1. The van der Waals surface area contributed by atoms with Gasteiger partial charge < -0.3 is 14.8 Å². The number of nitrogens with zero attached hydrogens (tertiary/aromatic N) is 3. The predicted octanol–water partition coefficient (Wildman–Crippen LogP) is -0.163. The Labute approximate surface area is 120 Å². The van der Waals surface area contributed by atoms with Gasteiger partial charge in [0.1, 0.15) is 5.69 Å². The molecule has 3 rings (SSSR count). The molecule has 2 amide bonds. The molecule has 7 heteroatoms. The minimum absolute atomic E-state index is 0.161. The number of aromatic amines is 1. The summed E-state index contributed by atoms with van der Waals surface area (Å²) in [5, 5.41) is 0.625. The van der Waals surface area contributed by atoms with E-state index < -0.39 is 5.69 Å². The first-order valence-electron chi connectivity index (χ1n) is 6.67. The summed E-state index contributed by atoms with van der Waals surface area (Å²) in [4.78, 5) is 44.5. The Bertz CT molecular complexity index is 747. The Morgan fingerprint density at radius 3 is 2.62 bits per heavy atom. The summed E-state index contributed by atoms with van der Waals surface area (Å²) in [6.45, 7) is 1.88. The van der Waals surface area contributed by atoms with Gasteiger partial charge in [0, 0.05) is 31.6 Å². The zero-order valence-electron chi connectivity index (χ0n) is 11.3. The maximum absolute atomic E-state index is 12.6. The maximum Gasteiger partial charge on any atom is 0.346 e. The number of piperazine rings is 1. The summed E-state index contributed by atoms with van der Waals surface area (Å²) in [5.74, 6) is -0.275. The van der Waals surface area contributed by atoms with Gasteiger partial charge in [-0.05, 0) is 6.07 Å². The van der Waals surface area contributed by atoms with Gasteiger partial charge in [-0.1, -0.05) is 18.2 Å². The molecule has 1 saturated heterocycles. The van der Waals surface area contributed by atoms with Crippen molar-refractivity contribution in [2.45, 2.75) is 0 Å². The molecule has 1 aromatic carbocycles. The van der Waals surface area contributed by atoms with Crippen molar-refractivity contribution in [2.75, 3.05) is 26.2 Å². The van der Waals surface area contributed by atoms with Crippen LogP contribution < -0.4 is 5.69 Å². The highest BCUT2D eigenvalue weighted by molar-refractivity contribution is 6.04. The average molecular weight is 286 g/mol. The molecule has 0 spiro atoms. The number of carbonyl (C=O) groups excluding carboxylic acids is 2. The molecule has 1 N–H and O–H groups in total. The van der Waals surface area contributed by atoms with Crippen molar-refractivity contribution in [3.8, 4) is 0 Å². The lowest BCUT2D eigenvalue weighted by atomic mass is 10.1. The van der Waals surface area contributed by atoms with E-state index in [1.807, 2.05) is 0 Å². The van der Waals surface area contributed by atoms with Crippen LogP contribution in [0.5, 0.6) is 0 Å². The second-order valence-corrected chi connectivity index (χ2v) is 4.87. The van der Waals surface area contributed by atoms with E-state index in [1.54, 1.807) is 34.1 Å². The summed E-state index contributed by atoms with van der Waals surface area (Å²) in [6.07, 6.45) is 0.780. The van der Waals surface area contributed by atoms with Crippen molar-refractivity contribution < 1.29 is 9.59 Å². The van der Waals surface area contributed by atoms with Gasteiger partial charge in [0.15, 0.2) is 0 Å². The van der Waals surface area contributed by atoms with Crippen LogP contribution in [0.1, 0.15) is 10.5 Å². The largest absolute Gasteiger partial charge is 0.346 e. The highest BCUT2D eigenvalue weighted by Gasteiger charge is 2.24. The van der Waals surface area contributed by atoms with Crippen LogP contribution in [0.15, 0.2) is 29.1 Å². The van der Waals surface area contributed by atoms with E-state index >= 15 is 0 Å². The molecular formula is C14H14N4O3. The first-order valence-corrected chi connectivity index (χ1v) is 6.67. The number of nitrogens with one attached hydrogen (secondary N) is 1. The van der Waals surface area contributed by atoms with Crippen molar-refractivity contribution >= 4 is 23.2 Å². The van der Waals surface area contributed by atoms with Gasteiger partial charge in [-0.3, -0.25) is 9.59 Å². The Hall–Kier alpha value is -2.70. The maximum atomic E-state index is 12.6. The summed E-state index contributed by atoms with van der Waals surface area (Å²) in [6, 6.07) is 7.07. The lowest BCUT2D eigenvalue weighted by molar-refractivity contribution is -0.119. The molecule has 0 bridgehead atoms. The lowest BCUT2D eigenvalue weighted by Gasteiger charge is -2.32.